The third-order valence-corrected chi connectivity index (χ3v) is 4.80. The van der Waals surface area contributed by atoms with E-state index in [-0.39, 0.29) is 29.9 Å². The number of amides is 1. The molecule has 128 valence electrons. The van der Waals surface area contributed by atoms with Crippen molar-refractivity contribution in [2.75, 3.05) is 26.8 Å². The molecule has 2 N–H and O–H groups in total. The molecule has 1 unspecified atom stereocenters. The van der Waals surface area contributed by atoms with Crippen molar-refractivity contribution in [2.45, 2.75) is 23.8 Å². The Hall–Kier alpha value is -1.71. The van der Waals surface area contributed by atoms with E-state index in [0.29, 0.717) is 6.61 Å². The van der Waals surface area contributed by atoms with Crippen LogP contribution in [-0.2, 0) is 19.6 Å². The first-order chi connectivity index (χ1) is 10.9. The molecular formula is C14H19FN2O5S. The lowest BCUT2D eigenvalue weighted by Crippen LogP contribution is -2.31. The maximum absolute atomic E-state index is 13.9. The third kappa shape index (κ3) is 4.88. The molecule has 0 aromatic heterocycles. The van der Waals surface area contributed by atoms with Crippen LogP contribution in [0, 0.1) is 5.82 Å². The van der Waals surface area contributed by atoms with Gasteiger partial charge in [-0.2, -0.15) is 0 Å². The average molecular weight is 346 g/mol. The van der Waals surface area contributed by atoms with Crippen LogP contribution < -0.4 is 14.8 Å². The fourth-order valence-corrected chi connectivity index (χ4v) is 3.15. The second kappa shape index (κ2) is 7.71. The van der Waals surface area contributed by atoms with Gasteiger partial charge < -0.3 is 14.8 Å². The number of benzene rings is 1. The number of rotatable bonds is 7. The Morgan fingerprint density at radius 3 is 2.87 bits per heavy atom. The van der Waals surface area contributed by atoms with Gasteiger partial charge in [0.1, 0.15) is 0 Å². The maximum Gasteiger partial charge on any atom is 0.257 e. The molecule has 1 amide bonds. The summed E-state index contributed by atoms with van der Waals surface area (Å²) < 4.78 is 50.9. The third-order valence-electron chi connectivity index (χ3n) is 3.38. The molecule has 1 atom stereocenters. The SMILES string of the molecule is CNC(=O)COc1ccc(S(=O)(=O)NCC2CCCO2)cc1F. The number of hydrogen-bond acceptors (Lipinski definition) is 5. The predicted molar refractivity (Wildman–Crippen MR) is 80.1 cm³/mol. The van der Waals surface area contributed by atoms with Crippen LogP contribution in [0.2, 0.25) is 0 Å². The molecule has 0 bridgehead atoms. The Balaban J connectivity index is 2.01. The molecule has 23 heavy (non-hydrogen) atoms. The number of ether oxygens (including phenoxy) is 2. The van der Waals surface area contributed by atoms with Crippen molar-refractivity contribution >= 4 is 15.9 Å². The Bertz CT molecular complexity index is 659. The van der Waals surface area contributed by atoms with Gasteiger partial charge in [-0.15, -0.1) is 0 Å². The molecule has 1 heterocycles. The fourth-order valence-electron chi connectivity index (χ4n) is 2.07. The largest absolute Gasteiger partial charge is 0.481 e. The van der Waals surface area contributed by atoms with E-state index in [9.17, 15) is 17.6 Å². The zero-order chi connectivity index (χ0) is 16.9. The predicted octanol–water partition coefficient (Wildman–Crippen LogP) is 0.408. The van der Waals surface area contributed by atoms with Crippen molar-refractivity contribution in [1.82, 2.24) is 10.0 Å². The fraction of sp³-hybridized carbons (Fsp3) is 0.500. The number of nitrogens with one attached hydrogen (secondary N) is 2. The summed E-state index contributed by atoms with van der Waals surface area (Å²) in [5.41, 5.74) is 0. The van der Waals surface area contributed by atoms with Crippen molar-refractivity contribution in [2.24, 2.45) is 0 Å². The summed E-state index contributed by atoms with van der Waals surface area (Å²) in [4.78, 5) is 10.8. The summed E-state index contributed by atoms with van der Waals surface area (Å²) in [7, 11) is -2.40. The first-order valence-electron chi connectivity index (χ1n) is 7.16. The Morgan fingerprint density at radius 1 is 1.48 bits per heavy atom. The summed E-state index contributed by atoms with van der Waals surface area (Å²) in [6.45, 7) is 0.425. The average Bonchev–Trinajstić information content (AvgIpc) is 3.05. The minimum atomic E-state index is -3.83. The summed E-state index contributed by atoms with van der Waals surface area (Å²) >= 11 is 0. The zero-order valence-electron chi connectivity index (χ0n) is 12.7. The van der Waals surface area contributed by atoms with Crippen molar-refractivity contribution in [3.63, 3.8) is 0 Å². The lowest BCUT2D eigenvalue weighted by atomic mass is 10.2. The van der Waals surface area contributed by atoms with Gasteiger partial charge in [0, 0.05) is 20.2 Å². The van der Waals surface area contributed by atoms with E-state index in [0.717, 1.165) is 18.9 Å². The molecule has 1 saturated heterocycles. The van der Waals surface area contributed by atoms with E-state index >= 15 is 0 Å². The van der Waals surface area contributed by atoms with Crippen LogP contribution in [0.15, 0.2) is 23.1 Å². The van der Waals surface area contributed by atoms with Crippen molar-refractivity contribution in [3.05, 3.63) is 24.0 Å². The topological polar surface area (TPSA) is 93.7 Å². The van der Waals surface area contributed by atoms with Crippen molar-refractivity contribution < 1.29 is 27.1 Å². The highest BCUT2D eigenvalue weighted by Gasteiger charge is 2.21. The van der Waals surface area contributed by atoms with Gasteiger partial charge in [0.15, 0.2) is 18.2 Å². The smallest absolute Gasteiger partial charge is 0.257 e. The molecule has 1 aliphatic rings. The van der Waals surface area contributed by atoms with Crippen LogP contribution in [0.25, 0.3) is 0 Å². The van der Waals surface area contributed by atoms with E-state index in [1.54, 1.807) is 0 Å². The highest BCUT2D eigenvalue weighted by atomic mass is 32.2. The second-order valence-corrected chi connectivity index (χ2v) is 6.81. The molecule has 0 radical (unpaired) electrons. The highest BCUT2D eigenvalue weighted by Crippen LogP contribution is 2.21. The van der Waals surface area contributed by atoms with Crippen molar-refractivity contribution in [1.29, 1.82) is 0 Å². The number of halogens is 1. The molecule has 0 spiro atoms. The van der Waals surface area contributed by atoms with Gasteiger partial charge in [-0.3, -0.25) is 4.79 Å². The van der Waals surface area contributed by atoms with Crippen LogP contribution in [0.5, 0.6) is 5.75 Å². The molecule has 1 aliphatic heterocycles. The Morgan fingerprint density at radius 2 is 2.26 bits per heavy atom. The minimum Gasteiger partial charge on any atom is -0.481 e. The highest BCUT2D eigenvalue weighted by molar-refractivity contribution is 7.89. The summed E-state index contributed by atoms with van der Waals surface area (Å²) in [6.07, 6.45) is 1.55. The lowest BCUT2D eigenvalue weighted by Gasteiger charge is -2.12. The van der Waals surface area contributed by atoms with Crippen molar-refractivity contribution in [3.8, 4) is 5.75 Å². The van der Waals surface area contributed by atoms with E-state index in [2.05, 4.69) is 10.0 Å². The summed E-state index contributed by atoms with van der Waals surface area (Å²) in [5, 5.41) is 2.33. The molecular weight excluding hydrogens is 327 g/mol. The summed E-state index contributed by atoms with van der Waals surface area (Å²) in [5.74, 6) is -1.46. The molecule has 9 heteroatoms. The van der Waals surface area contributed by atoms with Crippen LogP contribution in [0.3, 0.4) is 0 Å². The second-order valence-electron chi connectivity index (χ2n) is 5.04. The molecule has 1 aromatic carbocycles. The van der Waals surface area contributed by atoms with Crippen LogP contribution in [0.4, 0.5) is 4.39 Å². The number of carbonyl (C=O) groups excluding carboxylic acids is 1. The standard InChI is InChI=1S/C14H19FN2O5S/c1-16-14(18)9-22-13-5-4-11(7-12(13)15)23(19,20)17-8-10-3-2-6-21-10/h4-5,7,10,17H,2-3,6,8-9H2,1H3,(H,16,18). The van der Waals surface area contributed by atoms with Gasteiger partial charge >= 0.3 is 0 Å². The van der Waals surface area contributed by atoms with E-state index in [1.807, 2.05) is 0 Å². The van der Waals surface area contributed by atoms with E-state index in [1.165, 1.54) is 19.2 Å². The minimum absolute atomic E-state index is 0.148. The number of carbonyl (C=O) groups is 1. The van der Waals surface area contributed by atoms with E-state index < -0.39 is 21.7 Å². The van der Waals surface area contributed by atoms with Gasteiger partial charge in [0.25, 0.3) is 5.91 Å². The van der Waals surface area contributed by atoms with Gasteiger partial charge in [0.2, 0.25) is 10.0 Å². The van der Waals surface area contributed by atoms with Gasteiger partial charge in [-0.05, 0) is 31.0 Å². The lowest BCUT2D eigenvalue weighted by molar-refractivity contribution is -0.122. The molecule has 2 rings (SSSR count). The number of likely N-dealkylation sites (N-methyl/N-ethyl adjacent to an activating group) is 1. The molecule has 1 fully saturated rings. The quantitative estimate of drug-likeness (QED) is 0.746. The molecule has 7 nitrogen and oxygen atoms in total. The monoisotopic (exact) mass is 346 g/mol. The van der Waals surface area contributed by atoms with Gasteiger partial charge in [-0.1, -0.05) is 0 Å². The first kappa shape index (κ1) is 17.6. The normalized spacial score (nSPS) is 17.9. The van der Waals surface area contributed by atoms with Crippen LogP contribution in [-0.4, -0.2) is 47.2 Å². The molecule has 1 aromatic rings. The Kier molecular flexibility index (Phi) is 5.91. The van der Waals surface area contributed by atoms with Gasteiger partial charge in [0.05, 0.1) is 11.0 Å². The van der Waals surface area contributed by atoms with Gasteiger partial charge in [-0.25, -0.2) is 17.5 Å². The molecule has 0 aliphatic carbocycles. The summed E-state index contributed by atoms with van der Waals surface area (Å²) in [6, 6.07) is 3.26. The van der Waals surface area contributed by atoms with E-state index in [4.69, 9.17) is 9.47 Å². The zero-order valence-corrected chi connectivity index (χ0v) is 13.5. The molecule has 0 saturated carbocycles. The van der Waals surface area contributed by atoms with Crippen LogP contribution in [0.1, 0.15) is 12.8 Å². The van der Waals surface area contributed by atoms with Crippen LogP contribution >= 0.6 is 0 Å². The first-order valence-corrected chi connectivity index (χ1v) is 8.65. The number of sulfonamides is 1. The maximum atomic E-state index is 13.9. The Labute approximate surface area is 134 Å². The number of hydrogen-bond donors (Lipinski definition) is 2.